The van der Waals surface area contributed by atoms with Gasteiger partial charge in [-0.25, -0.2) is 4.79 Å². The Labute approximate surface area is 130 Å². The van der Waals surface area contributed by atoms with Crippen LogP contribution in [0, 0.1) is 0 Å². The largest absolute Gasteiger partial charge is 0.445 e. The van der Waals surface area contributed by atoms with E-state index in [4.69, 9.17) is 4.74 Å². The number of ether oxygens (including phenoxy) is 1. The van der Waals surface area contributed by atoms with Crippen molar-refractivity contribution in [2.24, 2.45) is 0 Å². The van der Waals surface area contributed by atoms with Crippen LogP contribution in [0.3, 0.4) is 0 Å². The SMILES string of the molecule is CCC(=O)C(C)NC(=O)C(C)NC(=O)OCc1ccccc1. The highest BCUT2D eigenvalue weighted by Crippen LogP contribution is 2.01. The van der Waals surface area contributed by atoms with Gasteiger partial charge in [-0.1, -0.05) is 37.3 Å². The number of carbonyl (C=O) groups excluding carboxylic acids is 3. The van der Waals surface area contributed by atoms with Gasteiger partial charge in [0, 0.05) is 6.42 Å². The Morgan fingerprint density at radius 1 is 1.05 bits per heavy atom. The molecule has 1 rings (SSSR count). The smallest absolute Gasteiger partial charge is 0.408 e. The number of hydrogen-bond acceptors (Lipinski definition) is 4. The molecule has 0 bridgehead atoms. The van der Waals surface area contributed by atoms with Crippen molar-refractivity contribution in [3.8, 4) is 0 Å². The maximum Gasteiger partial charge on any atom is 0.408 e. The van der Waals surface area contributed by atoms with Crippen LogP contribution in [0.5, 0.6) is 0 Å². The molecule has 0 aliphatic carbocycles. The van der Waals surface area contributed by atoms with E-state index in [1.807, 2.05) is 30.3 Å². The maximum absolute atomic E-state index is 11.8. The Hall–Kier alpha value is -2.37. The summed E-state index contributed by atoms with van der Waals surface area (Å²) in [7, 11) is 0. The van der Waals surface area contributed by atoms with Crippen LogP contribution in [0.1, 0.15) is 32.8 Å². The first-order valence-corrected chi connectivity index (χ1v) is 7.24. The fourth-order valence-electron chi connectivity index (χ4n) is 1.73. The van der Waals surface area contributed by atoms with Crippen LogP contribution in [0.2, 0.25) is 0 Å². The number of rotatable bonds is 7. The van der Waals surface area contributed by atoms with E-state index in [0.717, 1.165) is 5.56 Å². The van der Waals surface area contributed by atoms with Gasteiger partial charge in [0.2, 0.25) is 5.91 Å². The summed E-state index contributed by atoms with van der Waals surface area (Å²) in [4.78, 5) is 34.9. The normalized spacial score (nSPS) is 12.9. The first kappa shape index (κ1) is 17.7. The third kappa shape index (κ3) is 5.95. The highest BCUT2D eigenvalue weighted by Gasteiger charge is 2.20. The average molecular weight is 306 g/mol. The van der Waals surface area contributed by atoms with E-state index in [9.17, 15) is 14.4 Å². The molecule has 2 amide bonds. The van der Waals surface area contributed by atoms with Crippen LogP contribution >= 0.6 is 0 Å². The summed E-state index contributed by atoms with van der Waals surface area (Å²) < 4.78 is 5.03. The van der Waals surface area contributed by atoms with Crippen LogP contribution < -0.4 is 10.6 Å². The van der Waals surface area contributed by atoms with Gasteiger partial charge in [0.1, 0.15) is 12.6 Å². The monoisotopic (exact) mass is 306 g/mol. The Balaban J connectivity index is 2.37. The number of ketones is 1. The summed E-state index contributed by atoms with van der Waals surface area (Å²) in [6, 6.07) is 7.88. The Kier molecular flexibility index (Phi) is 7.08. The average Bonchev–Trinajstić information content (AvgIpc) is 2.52. The first-order valence-electron chi connectivity index (χ1n) is 7.24. The van der Waals surface area contributed by atoms with Crippen LogP contribution in [0.4, 0.5) is 4.79 Å². The molecule has 120 valence electrons. The summed E-state index contributed by atoms with van der Waals surface area (Å²) in [5, 5.41) is 4.98. The standard InChI is InChI=1S/C16H22N2O4/c1-4-14(19)11(2)17-15(20)12(3)18-16(21)22-10-13-8-6-5-7-9-13/h5-9,11-12H,4,10H2,1-3H3,(H,17,20)(H,18,21). The minimum Gasteiger partial charge on any atom is -0.445 e. The number of nitrogens with one attached hydrogen (secondary N) is 2. The number of hydrogen-bond donors (Lipinski definition) is 2. The minimum atomic E-state index is -0.782. The van der Waals surface area contributed by atoms with Gasteiger partial charge in [0.05, 0.1) is 6.04 Å². The molecule has 1 aromatic carbocycles. The van der Waals surface area contributed by atoms with Crippen molar-refractivity contribution >= 4 is 17.8 Å². The summed E-state index contributed by atoms with van der Waals surface area (Å²) >= 11 is 0. The topological polar surface area (TPSA) is 84.5 Å². The van der Waals surface area contributed by atoms with Crippen molar-refractivity contribution in [3.05, 3.63) is 35.9 Å². The van der Waals surface area contributed by atoms with E-state index < -0.39 is 24.1 Å². The second kappa shape index (κ2) is 8.81. The highest BCUT2D eigenvalue weighted by molar-refractivity contribution is 5.91. The Bertz CT molecular complexity index is 516. The molecule has 22 heavy (non-hydrogen) atoms. The molecule has 2 N–H and O–H groups in total. The lowest BCUT2D eigenvalue weighted by Gasteiger charge is -2.17. The van der Waals surface area contributed by atoms with Gasteiger partial charge in [0.15, 0.2) is 5.78 Å². The number of benzene rings is 1. The van der Waals surface area contributed by atoms with Crippen molar-refractivity contribution in [2.75, 3.05) is 0 Å². The summed E-state index contributed by atoms with van der Waals surface area (Å²) in [6.45, 7) is 5.01. The molecular weight excluding hydrogens is 284 g/mol. The zero-order valence-corrected chi connectivity index (χ0v) is 13.1. The molecule has 0 spiro atoms. The third-order valence-corrected chi connectivity index (χ3v) is 3.13. The number of carbonyl (C=O) groups is 3. The molecule has 0 saturated carbocycles. The summed E-state index contributed by atoms with van der Waals surface area (Å²) in [5.41, 5.74) is 0.858. The quantitative estimate of drug-likeness (QED) is 0.804. The predicted molar refractivity (Wildman–Crippen MR) is 82.1 cm³/mol. The van der Waals surface area contributed by atoms with E-state index in [-0.39, 0.29) is 12.4 Å². The van der Waals surface area contributed by atoms with E-state index >= 15 is 0 Å². The molecule has 2 atom stereocenters. The third-order valence-electron chi connectivity index (χ3n) is 3.13. The van der Waals surface area contributed by atoms with Gasteiger partial charge in [-0.15, -0.1) is 0 Å². The molecule has 0 saturated heterocycles. The van der Waals surface area contributed by atoms with E-state index in [2.05, 4.69) is 10.6 Å². The van der Waals surface area contributed by atoms with Gasteiger partial charge in [-0.05, 0) is 19.4 Å². The van der Waals surface area contributed by atoms with Gasteiger partial charge >= 0.3 is 6.09 Å². The lowest BCUT2D eigenvalue weighted by atomic mass is 10.1. The molecule has 2 unspecified atom stereocenters. The summed E-state index contributed by atoms with van der Waals surface area (Å²) in [5.74, 6) is -0.488. The molecule has 0 aliphatic rings. The van der Waals surface area contributed by atoms with Gasteiger partial charge in [0.25, 0.3) is 0 Å². The molecule has 6 nitrogen and oxygen atoms in total. The Morgan fingerprint density at radius 2 is 1.68 bits per heavy atom. The van der Waals surface area contributed by atoms with Crippen molar-refractivity contribution in [1.29, 1.82) is 0 Å². The Morgan fingerprint density at radius 3 is 2.27 bits per heavy atom. The zero-order valence-electron chi connectivity index (χ0n) is 13.1. The fraction of sp³-hybridized carbons (Fsp3) is 0.438. The van der Waals surface area contributed by atoms with Crippen molar-refractivity contribution in [3.63, 3.8) is 0 Å². The fourth-order valence-corrected chi connectivity index (χ4v) is 1.73. The molecule has 0 radical (unpaired) electrons. The lowest BCUT2D eigenvalue weighted by molar-refractivity contribution is -0.128. The van der Waals surface area contributed by atoms with Crippen LogP contribution in [-0.4, -0.2) is 29.9 Å². The van der Waals surface area contributed by atoms with Crippen molar-refractivity contribution in [2.45, 2.75) is 45.9 Å². The van der Waals surface area contributed by atoms with Crippen LogP contribution in [-0.2, 0) is 20.9 Å². The van der Waals surface area contributed by atoms with Crippen molar-refractivity contribution < 1.29 is 19.1 Å². The number of alkyl carbamates (subject to hydrolysis) is 1. The molecule has 0 aromatic heterocycles. The van der Waals surface area contributed by atoms with Crippen molar-refractivity contribution in [1.82, 2.24) is 10.6 Å². The maximum atomic E-state index is 11.8. The van der Waals surface area contributed by atoms with Crippen LogP contribution in [0.15, 0.2) is 30.3 Å². The van der Waals surface area contributed by atoms with Crippen LogP contribution in [0.25, 0.3) is 0 Å². The minimum absolute atomic E-state index is 0.0628. The summed E-state index contributed by atoms with van der Waals surface area (Å²) in [6.07, 6.45) is -0.330. The van der Waals surface area contributed by atoms with E-state index in [1.54, 1.807) is 13.8 Å². The first-order chi connectivity index (χ1) is 10.4. The molecule has 0 heterocycles. The van der Waals surface area contributed by atoms with E-state index in [1.165, 1.54) is 6.92 Å². The molecular formula is C16H22N2O4. The van der Waals surface area contributed by atoms with Gasteiger partial charge in [-0.2, -0.15) is 0 Å². The molecule has 0 fully saturated rings. The lowest BCUT2D eigenvalue weighted by Crippen LogP contribution is -2.49. The number of Topliss-reactive ketones (excluding diaryl/α,β-unsaturated/α-hetero) is 1. The molecule has 6 heteroatoms. The zero-order chi connectivity index (χ0) is 16.5. The predicted octanol–water partition coefficient (Wildman–Crippen LogP) is 1.79. The molecule has 1 aromatic rings. The second-order valence-corrected chi connectivity index (χ2v) is 4.98. The number of amides is 2. The molecule has 0 aliphatic heterocycles. The highest BCUT2D eigenvalue weighted by atomic mass is 16.5. The van der Waals surface area contributed by atoms with Gasteiger partial charge < -0.3 is 15.4 Å². The second-order valence-electron chi connectivity index (χ2n) is 4.98. The van der Waals surface area contributed by atoms with E-state index in [0.29, 0.717) is 6.42 Å². The van der Waals surface area contributed by atoms with Gasteiger partial charge in [-0.3, -0.25) is 9.59 Å².